The van der Waals surface area contributed by atoms with Gasteiger partial charge in [-0.2, -0.15) is 17.6 Å². The van der Waals surface area contributed by atoms with Crippen LogP contribution in [0.5, 0.6) is 5.75 Å². The van der Waals surface area contributed by atoms with Gasteiger partial charge in [-0.15, -0.1) is 0 Å². The molecule has 0 aliphatic carbocycles. The molecule has 1 heterocycles. The van der Waals surface area contributed by atoms with Crippen LogP contribution in [0.3, 0.4) is 0 Å². The molecule has 0 aliphatic rings. The first kappa shape index (κ1) is 20.9. The van der Waals surface area contributed by atoms with Crippen LogP contribution in [0.4, 0.5) is 0 Å². The third-order valence-corrected chi connectivity index (χ3v) is 6.91. The van der Waals surface area contributed by atoms with Gasteiger partial charge < -0.3 is 4.74 Å². The fourth-order valence-electron chi connectivity index (χ4n) is 3.52. The van der Waals surface area contributed by atoms with Crippen LogP contribution in [0, 0.1) is 20.8 Å². The van der Waals surface area contributed by atoms with E-state index in [0.717, 1.165) is 31.9 Å². The summed E-state index contributed by atoms with van der Waals surface area (Å²) in [5.74, 6) is 0.592. The highest BCUT2D eigenvalue weighted by Gasteiger charge is 2.27. The SMILES string of the molecule is COc1ccc(S(=O)(=O)n2nc(-c3ccc(C)cc3)c(C)c2-c2ccc(C)cc2)cc1. The van der Waals surface area contributed by atoms with Gasteiger partial charge in [0.15, 0.2) is 0 Å². The molecule has 0 atom stereocenters. The van der Waals surface area contributed by atoms with Crippen molar-refractivity contribution in [3.63, 3.8) is 0 Å². The molecule has 0 aliphatic heterocycles. The maximum absolute atomic E-state index is 13.6. The van der Waals surface area contributed by atoms with Gasteiger partial charge in [0.05, 0.1) is 23.4 Å². The highest BCUT2D eigenvalue weighted by Crippen LogP contribution is 2.34. The number of methoxy groups -OCH3 is 1. The minimum Gasteiger partial charge on any atom is -0.497 e. The monoisotopic (exact) mass is 432 g/mol. The lowest BCUT2D eigenvalue weighted by molar-refractivity contribution is 0.414. The van der Waals surface area contributed by atoms with Crippen LogP contribution in [-0.2, 0) is 10.0 Å². The molecule has 0 fully saturated rings. The molecule has 4 aromatic rings. The standard InChI is InChI=1S/C25H24N2O3S/c1-17-5-9-20(10-6-17)24-19(3)25(21-11-7-18(2)8-12-21)27(26-24)31(28,29)23-15-13-22(30-4)14-16-23/h5-16H,1-4H3. The van der Waals surface area contributed by atoms with Gasteiger partial charge in [-0.1, -0.05) is 59.7 Å². The molecule has 0 unspecified atom stereocenters. The van der Waals surface area contributed by atoms with Crippen LogP contribution in [-0.4, -0.2) is 24.7 Å². The molecular formula is C25H24N2O3S. The highest BCUT2D eigenvalue weighted by atomic mass is 32.2. The first-order valence-corrected chi connectivity index (χ1v) is 11.4. The third kappa shape index (κ3) is 3.86. The zero-order valence-corrected chi connectivity index (χ0v) is 18.8. The Morgan fingerprint density at radius 1 is 0.742 bits per heavy atom. The van der Waals surface area contributed by atoms with E-state index < -0.39 is 10.0 Å². The summed E-state index contributed by atoms with van der Waals surface area (Å²) in [7, 11) is -2.38. The number of rotatable bonds is 5. The number of nitrogens with zero attached hydrogens (tertiary/aromatic N) is 2. The molecule has 3 aromatic carbocycles. The van der Waals surface area contributed by atoms with Crippen molar-refractivity contribution in [2.45, 2.75) is 25.7 Å². The first-order chi connectivity index (χ1) is 14.8. The number of hydrogen-bond acceptors (Lipinski definition) is 4. The van der Waals surface area contributed by atoms with Gasteiger partial charge in [0.1, 0.15) is 5.75 Å². The second-order valence-corrected chi connectivity index (χ2v) is 9.35. The molecule has 31 heavy (non-hydrogen) atoms. The zero-order valence-electron chi connectivity index (χ0n) is 18.0. The summed E-state index contributed by atoms with van der Waals surface area (Å²) >= 11 is 0. The van der Waals surface area contributed by atoms with Crippen LogP contribution in [0.25, 0.3) is 22.5 Å². The Labute approximate surface area is 183 Å². The van der Waals surface area contributed by atoms with Gasteiger partial charge in [-0.05, 0) is 45.0 Å². The molecule has 0 amide bonds. The summed E-state index contributed by atoms with van der Waals surface area (Å²) in [6.07, 6.45) is 0. The maximum Gasteiger partial charge on any atom is 0.283 e. The van der Waals surface area contributed by atoms with E-state index in [1.807, 2.05) is 69.3 Å². The second kappa shape index (κ2) is 8.04. The molecule has 0 radical (unpaired) electrons. The lowest BCUT2D eigenvalue weighted by atomic mass is 10.0. The summed E-state index contributed by atoms with van der Waals surface area (Å²) in [4.78, 5) is 0.152. The van der Waals surface area contributed by atoms with E-state index in [4.69, 9.17) is 4.74 Å². The van der Waals surface area contributed by atoms with E-state index in [9.17, 15) is 8.42 Å². The van der Waals surface area contributed by atoms with Crippen LogP contribution < -0.4 is 4.74 Å². The number of aryl methyl sites for hydroxylation is 2. The Kier molecular flexibility index (Phi) is 5.41. The van der Waals surface area contributed by atoms with Gasteiger partial charge in [0, 0.05) is 16.7 Å². The molecule has 0 saturated carbocycles. The molecule has 5 nitrogen and oxygen atoms in total. The quantitative estimate of drug-likeness (QED) is 0.424. The van der Waals surface area contributed by atoms with Gasteiger partial charge in [0.25, 0.3) is 10.0 Å². The van der Waals surface area contributed by atoms with E-state index in [-0.39, 0.29) is 4.90 Å². The predicted molar refractivity (Wildman–Crippen MR) is 123 cm³/mol. The molecule has 0 saturated heterocycles. The molecule has 6 heteroatoms. The Morgan fingerprint density at radius 3 is 1.77 bits per heavy atom. The molecule has 0 N–H and O–H groups in total. The minimum absolute atomic E-state index is 0.152. The summed E-state index contributed by atoms with van der Waals surface area (Å²) < 4.78 is 33.5. The van der Waals surface area contributed by atoms with Gasteiger partial charge in [-0.3, -0.25) is 0 Å². The summed E-state index contributed by atoms with van der Waals surface area (Å²) in [6, 6.07) is 22.1. The van der Waals surface area contributed by atoms with Crippen molar-refractivity contribution in [1.29, 1.82) is 0 Å². The van der Waals surface area contributed by atoms with Crippen molar-refractivity contribution in [2.75, 3.05) is 7.11 Å². The normalized spacial score (nSPS) is 11.5. The topological polar surface area (TPSA) is 61.2 Å². The van der Waals surface area contributed by atoms with Crippen molar-refractivity contribution in [1.82, 2.24) is 9.19 Å². The Morgan fingerprint density at radius 2 is 1.26 bits per heavy atom. The summed E-state index contributed by atoms with van der Waals surface area (Å²) in [5, 5.41) is 4.60. The van der Waals surface area contributed by atoms with E-state index >= 15 is 0 Å². The van der Waals surface area contributed by atoms with Crippen LogP contribution >= 0.6 is 0 Å². The number of aromatic nitrogens is 2. The van der Waals surface area contributed by atoms with Crippen molar-refractivity contribution in [3.05, 3.63) is 89.5 Å². The second-order valence-electron chi connectivity index (χ2n) is 7.58. The molecule has 1 aromatic heterocycles. The fourth-order valence-corrected chi connectivity index (χ4v) is 4.87. The zero-order chi connectivity index (χ0) is 22.2. The van der Waals surface area contributed by atoms with E-state index in [0.29, 0.717) is 17.1 Å². The molecular weight excluding hydrogens is 408 g/mol. The summed E-state index contributed by atoms with van der Waals surface area (Å²) in [6.45, 7) is 5.93. The Balaban J connectivity index is 1.96. The highest BCUT2D eigenvalue weighted by molar-refractivity contribution is 7.90. The number of ether oxygens (including phenoxy) is 1. The third-order valence-electron chi connectivity index (χ3n) is 5.33. The first-order valence-electron chi connectivity index (χ1n) is 9.94. The predicted octanol–water partition coefficient (Wildman–Crippen LogP) is 5.39. The number of benzene rings is 3. The molecule has 4 rings (SSSR count). The fraction of sp³-hybridized carbons (Fsp3) is 0.160. The smallest absolute Gasteiger partial charge is 0.283 e. The lowest BCUT2D eigenvalue weighted by Gasteiger charge is -2.10. The van der Waals surface area contributed by atoms with Crippen LogP contribution in [0.2, 0.25) is 0 Å². The maximum atomic E-state index is 13.6. The largest absolute Gasteiger partial charge is 0.497 e. The molecule has 158 valence electrons. The van der Waals surface area contributed by atoms with Crippen molar-refractivity contribution in [3.8, 4) is 28.3 Å². The summed E-state index contributed by atoms with van der Waals surface area (Å²) in [5.41, 5.74) is 5.92. The van der Waals surface area contributed by atoms with Crippen LogP contribution in [0.1, 0.15) is 16.7 Å². The van der Waals surface area contributed by atoms with E-state index in [2.05, 4.69) is 5.10 Å². The van der Waals surface area contributed by atoms with Crippen molar-refractivity contribution in [2.24, 2.45) is 0 Å². The van der Waals surface area contributed by atoms with E-state index in [1.54, 1.807) is 19.2 Å². The Hall–Kier alpha value is -3.38. The van der Waals surface area contributed by atoms with Crippen molar-refractivity contribution < 1.29 is 13.2 Å². The van der Waals surface area contributed by atoms with Crippen molar-refractivity contribution >= 4 is 10.0 Å². The minimum atomic E-state index is -3.92. The number of hydrogen-bond donors (Lipinski definition) is 0. The molecule has 0 bridgehead atoms. The van der Waals surface area contributed by atoms with E-state index in [1.165, 1.54) is 12.1 Å². The van der Waals surface area contributed by atoms with Gasteiger partial charge >= 0.3 is 0 Å². The Bertz CT molecular complexity index is 1320. The molecule has 0 spiro atoms. The lowest BCUT2D eigenvalue weighted by Crippen LogP contribution is -2.16. The van der Waals surface area contributed by atoms with Gasteiger partial charge in [0.2, 0.25) is 0 Å². The average molecular weight is 433 g/mol. The van der Waals surface area contributed by atoms with Gasteiger partial charge in [-0.25, -0.2) is 0 Å². The van der Waals surface area contributed by atoms with Crippen LogP contribution in [0.15, 0.2) is 77.7 Å². The average Bonchev–Trinajstić information content (AvgIpc) is 3.13.